The van der Waals surface area contributed by atoms with Gasteiger partial charge in [0.2, 0.25) is 0 Å². The Labute approximate surface area is 365 Å². The SMILES string of the molecule is CCCCCCCCC=CCOc1cc(OCCCCC)cc2c3cc(OCCCCC)c(OCCCCC)cc3c3cc(OCCCCC)c(OCCCCC)cc3c12. The summed E-state index contributed by atoms with van der Waals surface area (Å²) in [7, 11) is 0. The molecule has 4 rings (SSSR count). The molecule has 0 unspecified atom stereocenters. The lowest BCUT2D eigenvalue weighted by Crippen LogP contribution is -2.04. The molecule has 334 valence electrons. The van der Waals surface area contributed by atoms with E-state index in [4.69, 9.17) is 28.4 Å². The summed E-state index contributed by atoms with van der Waals surface area (Å²) in [5.74, 6) is 4.79. The van der Waals surface area contributed by atoms with E-state index in [9.17, 15) is 0 Å². The third kappa shape index (κ3) is 15.9. The fourth-order valence-corrected chi connectivity index (χ4v) is 7.77. The molecule has 0 aliphatic heterocycles. The Hall–Kier alpha value is -3.80. The number of allylic oxidation sites excluding steroid dienone is 1. The van der Waals surface area contributed by atoms with E-state index in [1.54, 1.807) is 0 Å². The fourth-order valence-electron chi connectivity index (χ4n) is 7.77. The molecule has 0 aromatic heterocycles. The van der Waals surface area contributed by atoms with Crippen LogP contribution in [0.5, 0.6) is 34.5 Å². The maximum atomic E-state index is 6.81. The van der Waals surface area contributed by atoms with Gasteiger partial charge in [0.15, 0.2) is 23.0 Å². The number of fused-ring (bicyclic) bond motifs is 6. The molecule has 0 aliphatic rings. The predicted molar refractivity (Wildman–Crippen MR) is 257 cm³/mol. The molecule has 4 aromatic carbocycles. The van der Waals surface area contributed by atoms with Gasteiger partial charge in [-0.05, 0) is 102 Å². The Morgan fingerprint density at radius 2 is 0.683 bits per heavy atom. The first-order valence-corrected chi connectivity index (χ1v) is 24.6. The van der Waals surface area contributed by atoms with Gasteiger partial charge in [-0.15, -0.1) is 0 Å². The molecule has 0 radical (unpaired) electrons. The lowest BCUT2D eigenvalue weighted by molar-refractivity contribution is 0.260. The van der Waals surface area contributed by atoms with E-state index in [0.29, 0.717) is 39.6 Å². The zero-order valence-electron chi connectivity index (χ0n) is 38.9. The van der Waals surface area contributed by atoms with E-state index in [1.165, 1.54) is 38.5 Å². The van der Waals surface area contributed by atoms with Gasteiger partial charge in [-0.25, -0.2) is 0 Å². The molecule has 6 nitrogen and oxygen atoms in total. The second-order valence-electron chi connectivity index (χ2n) is 16.6. The first kappa shape index (κ1) is 48.9. The first-order valence-electron chi connectivity index (χ1n) is 24.6. The molecule has 0 fully saturated rings. The molecule has 0 amide bonds. The van der Waals surface area contributed by atoms with E-state index in [0.717, 1.165) is 170 Å². The standard InChI is InChI=1S/C54H82O6/c1-7-13-19-20-21-22-23-24-30-36-60-53-38-43(55-31-25-14-8-2)37-47-45-40-50(57-33-27-16-10-4)49(56-32-26-15-9-3)39-44(45)46-41-51(58-34-28-17-11-5)52(42-48(46)54(47)53)59-35-29-18-12-6/h24,30,37-42H,7-23,25-29,31-36H2,1-6H3. The Morgan fingerprint density at radius 3 is 1.15 bits per heavy atom. The molecule has 0 spiro atoms. The van der Waals surface area contributed by atoms with Crippen molar-refractivity contribution in [2.75, 3.05) is 39.6 Å². The lowest BCUT2D eigenvalue weighted by atomic mass is 9.92. The van der Waals surface area contributed by atoms with Crippen LogP contribution in [0.3, 0.4) is 0 Å². The van der Waals surface area contributed by atoms with Crippen molar-refractivity contribution < 1.29 is 28.4 Å². The van der Waals surface area contributed by atoms with Crippen LogP contribution in [0.4, 0.5) is 0 Å². The summed E-state index contributed by atoms with van der Waals surface area (Å²) in [6.07, 6.45) is 29.7. The Balaban J connectivity index is 1.94. The fraction of sp³-hybridized carbons (Fsp3) is 0.630. The minimum Gasteiger partial charge on any atom is -0.493 e. The highest BCUT2D eigenvalue weighted by Gasteiger charge is 2.21. The number of rotatable bonds is 35. The van der Waals surface area contributed by atoms with Crippen LogP contribution < -0.4 is 28.4 Å². The van der Waals surface area contributed by atoms with Crippen molar-refractivity contribution in [3.63, 3.8) is 0 Å². The summed E-state index contributed by atoms with van der Waals surface area (Å²) in [4.78, 5) is 0. The zero-order chi connectivity index (χ0) is 42.6. The smallest absolute Gasteiger partial charge is 0.161 e. The van der Waals surface area contributed by atoms with Gasteiger partial charge in [-0.1, -0.05) is 150 Å². The van der Waals surface area contributed by atoms with Crippen molar-refractivity contribution in [2.45, 2.75) is 183 Å². The third-order valence-electron chi connectivity index (χ3n) is 11.4. The Morgan fingerprint density at radius 1 is 0.317 bits per heavy atom. The van der Waals surface area contributed by atoms with E-state index >= 15 is 0 Å². The molecule has 0 bridgehead atoms. The van der Waals surface area contributed by atoms with E-state index in [-0.39, 0.29) is 0 Å². The van der Waals surface area contributed by atoms with Gasteiger partial charge in [0.05, 0.1) is 33.0 Å². The summed E-state index contributed by atoms with van der Waals surface area (Å²) >= 11 is 0. The predicted octanol–water partition coefficient (Wildman–Crippen LogP) is 16.7. The number of benzene rings is 4. The molecular formula is C54H82O6. The van der Waals surface area contributed by atoms with Crippen molar-refractivity contribution in [3.8, 4) is 34.5 Å². The van der Waals surface area contributed by atoms with Gasteiger partial charge in [0, 0.05) is 11.5 Å². The maximum Gasteiger partial charge on any atom is 0.161 e. The molecule has 0 N–H and O–H groups in total. The lowest BCUT2D eigenvalue weighted by Gasteiger charge is -2.21. The Bertz CT molecular complexity index is 1760. The molecule has 0 saturated carbocycles. The molecule has 60 heavy (non-hydrogen) atoms. The second kappa shape index (κ2) is 29.5. The molecule has 0 aliphatic carbocycles. The number of unbranched alkanes of at least 4 members (excludes halogenated alkanes) is 16. The van der Waals surface area contributed by atoms with E-state index in [2.05, 4.69) is 90.1 Å². The van der Waals surface area contributed by atoms with Crippen LogP contribution in [0.15, 0.2) is 48.6 Å². The van der Waals surface area contributed by atoms with Crippen LogP contribution in [0.2, 0.25) is 0 Å². The second-order valence-corrected chi connectivity index (χ2v) is 16.6. The number of hydrogen-bond donors (Lipinski definition) is 0. The normalized spacial score (nSPS) is 11.6. The number of ether oxygens (including phenoxy) is 6. The zero-order valence-corrected chi connectivity index (χ0v) is 38.9. The van der Waals surface area contributed by atoms with Crippen LogP contribution in [-0.4, -0.2) is 39.6 Å². The highest BCUT2D eigenvalue weighted by molar-refractivity contribution is 6.28. The molecule has 0 atom stereocenters. The summed E-state index contributed by atoms with van der Waals surface area (Å²) in [5.41, 5.74) is 0. The molecule has 0 saturated heterocycles. The summed E-state index contributed by atoms with van der Waals surface area (Å²) in [6, 6.07) is 13.1. The van der Waals surface area contributed by atoms with Crippen LogP contribution in [0, 0.1) is 0 Å². The Kier molecular flexibility index (Phi) is 24.0. The van der Waals surface area contributed by atoms with Crippen molar-refractivity contribution in [1.82, 2.24) is 0 Å². The maximum absolute atomic E-state index is 6.81. The van der Waals surface area contributed by atoms with Gasteiger partial charge < -0.3 is 28.4 Å². The first-order chi connectivity index (χ1) is 29.6. The minimum absolute atomic E-state index is 0.485. The topological polar surface area (TPSA) is 55.4 Å². The van der Waals surface area contributed by atoms with Gasteiger partial charge in [-0.2, -0.15) is 0 Å². The molecule has 0 heterocycles. The molecule has 6 heteroatoms. The van der Waals surface area contributed by atoms with Gasteiger partial charge in [-0.3, -0.25) is 0 Å². The van der Waals surface area contributed by atoms with Crippen molar-refractivity contribution >= 4 is 32.3 Å². The van der Waals surface area contributed by atoms with Crippen LogP contribution in [0.1, 0.15) is 183 Å². The molecule has 4 aromatic rings. The monoisotopic (exact) mass is 827 g/mol. The van der Waals surface area contributed by atoms with E-state index < -0.39 is 0 Å². The molecular weight excluding hydrogens is 745 g/mol. The van der Waals surface area contributed by atoms with Crippen molar-refractivity contribution in [3.05, 3.63) is 48.6 Å². The van der Waals surface area contributed by atoms with Gasteiger partial charge in [0.1, 0.15) is 18.1 Å². The highest BCUT2D eigenvalue weighted by Crippen LogP contribution is 2.48. The largest absolute Gasteiger partial charge is 0.493 e. The van der Waals surface area contributed by atoms with Crippen LogP contribution >= 0.6 is 0 Å². The average Bonchev–Trinajstić information content (AvgIpc) is 3.26. The van der Waals surface area contributed by atoms with Crippen molar-refractivity contribution in [1.29, 1.82) is 0 Å². The van der Waals surface area contributed by atoms with Crippen molar-refractivity contribution in [2.24, 2.45) is 0 Å². The van der Waals surface area contributed by atoms with E-state index in [1.807, 2.05) is 0 Å². The van der Waals surface area contributed by atoms with Crippen LogP contribution in [0.25, 0.3) is 32.3 Å². The summed E-state index contributed by atoms with van der Waals surface area (Å²) in [6.45, 7) is 17.2. The van der Waals surface area contributed by atoms with Gasteiger partial charge >= 0.3 is 0 Å². The highest BCUT2D eigenvalue weighted by atomic mass is 16.5. The third-order valence-corrected chi connectivity index (χ3v) is 11.4. The average molecular weight is 827 g/mol. The number of hydrogen-bond acceptors (Lipinski definition) is 6. The van der Waals surface area contributed by atoms with Gasteiger partial charge in [0.25, 0.3) is 0 Å². The summed E-state index contributed by atoms with van der Waals surface area (Å²) < 4.78 is 39.7. The quantitative estimate of drug-likeness (QED) is 0.0262. The summed E-state index contributed by atoms with van der Waals surface area (Å²) in [5, 5.41) is 6.45. The minimum atomic E-state index is 0.485. The van der Waals surface area contributed by atoms with Crippen LogP contribution in [-0.2, 0) is 0 Å².